The van der Waals surface area contributed by atoms with E-state index < -0.39 is 5.54 Å². The maximum atomic E-state index is 12.2. The number of amides is 1. The van der Waals surface area contributed by atoms with Crippen LogP contribution in [-0.2, 0) is 4.79 Å². The highest BCUT2D eigenvalue weighted by Crippen LogP contribution is 2.48. The van der Waals surface area contributed by atoms with Gasteiger partial charge in [0.05, 0.1) is 12.1 Å². The standard InChI is InChI=1S/C18H21NO2/c1-18(2,11-20)19-17(21)16-10-15(16)14-8-7-12-5-3-4-6-13(12)9-14/h3-9,15-16,20H,10-11H2,1-2H3,(H,19,21). The van der Waals surface area contributed by atoms with E-state index in [9.17, 15) is 9.90 Å². The zero-order valence-corrected chi connectivity index (χ0v) is 12.5. The predicted molar refractivity (Wildman–Crippen MR) is 84.1 cm³/mol. The normalized spacial score (nSPS) is 21.3. The average molecular weight is 283 g/mol. The molecule has 1 aliphatic rings. The van der Waals surface area contributed by atoms with Crippen LogP contribution in [0.2, 0.25) is 0 Å². The Hall–Kier alpha value is -1.87. The third-order valence-corrected chi connectivity index (χ3v) is 4.19. The summed E-state index contributed by atoms with van der Waals surface area (Å²) in [6, 6.07) is 14.7. The summed E-state index contributed by atoms with van der Waals surface area (Å²) >= 11 is 0. The van der Waals surface area contributed by atoms with Crippen molar-refractivity contribution in [3.8, 4) is 0 Å². The minimum Gasteiger partial charge on any atom is -0.394 e. The molecule has 1 aliphatic carbocycles. The van der Waals surface area contributed by atoms with E-state index in [1.807, 2.05) is 26.0 Å². The average Bonchev–Trinajstić information content (AvgIpc) is 3.27. The molecular weight excluding hydrogens is 262 g/mol. The van der Waals surface area contributed by atoms with E-state index in [4.69, 9.17) is 0 Å². The molecule has 0 saturated heterocycles. The number of hydrogen-bond donors (Lipinski definition) is 2. The molecule has 0 bridgehead atoms. The highest BCUT2D eigenvalue weighted by Gasteiger charge is 2.45. The van der Waals surface area contributed by atoms with Crippen molar-refractivity contribution in [1.82, 2.24) is 5.32 Å². The van der Waals surface area contributed by atoms with Crippen LogP contribution in [0.15, 0.2) is 42.5 Å². The van der Waals surface area contributed by atoms with Crippen molar-refractivity contribution in [3.63, 3.8) is 0 Å². The summed E-state index contributed by atoms with van der Waals surface area (Å²) in [4.78, 5) is 12.2. The molecule has 3 rings (SSSR count). The van der Waals surface area contributed by atoms with E-state index in [1.165, 1.54) is 16.3 Å². The van der Waals surface area contributed by atoms with Crippen molar-refractivity contribution in [1.29, 1.82) is 0 Å². The minimum atomic E-state index is -0.548. The highest BCUT2D eigenvalue weighted by molar-refractivity contribution is 5.86. The fraction of sp³-hybridized carbons (Fsp3) is 0.389. The van der Waals surface area contributed by atoms with E-state index in [1.54, 1.807) is 0 Å². The maximum absolute atomic E-state index is 12.2. The Kier molecular flexibility index (Phi) is 3.46. The van der Waals surface area contributed by atoms with E-state index in [2.05, 4.69) is 35.6 Å². The molecule has 3 heteroatoms. The van der Waals surface area contributed by atoms with Gasteiger partial charge in [-0.3, -0.25) is 4.79 Å². The Bertz CT molecular complexity index is 678. The van der Waals surface area contributed by atoms with Gasteiger partial charge in [0, 0.05) is 5.92 Å². The van der Waals surface area contributed by atoms with Crippen molar-refractivity contribution in [2.24, 2.45) is 5.92 Å². The first kappa shape index (κ1) is 14.1. The second kappa shape index (κ2) is 5.15. The van der Waals surface area contributed by atoms with Gasteiger partial charge in [0.25, 0.3) is 0 Å². The van der Waals surface area contributed by atoms with Crippen molar-refractivity contribution in [2.75, 3.05) is 6.61 Å². The van der Waals surface area contributed by atoms with E-state index in [-0.39, 0.29) is 18.4 Å². The molecule has 2 atom stereocenters. The van der Waals surface area contributed by atoms with Gasteiger partial charge in [-0.15, -0.1) is 0 Å². The van der Waals surface area contributed by atoms with Gasteiger partial charge in [-0.2, -0.15) is 0 Å². The van der Waals surface area contributed by atoms with Gasteiger partial charge in [0.15, 0.2) is 0 Å². The summed E-state index contributed by atoms with van der Waals surface area (Å²) in [5.41, 5.74) is 0.684. The topological polar surface area (TPSA) is 49.3 Å². The maximum Gasteiger partial charge on any atom is 0.224 e. The zero-order valence-electron chi connectivity index (χ0n) is 12.5. The third kappa shape index (κ3) is 2.93. The van der Waals surface area contributed by atoms with Crippen molar-refractivity contribution < 1.29 is 9.90 Å². The molecule has 2 unspecified atom stereocenters. The number of benzene rings is 2. The summed E-state index contributed by atoms with van der Waals surface area (Å²) in [6.45, 7) is 3.61. The number of hydrogen-bond acceptors (Lipinski definition) is 2. The quantitative estimate of drug-likeness (QED) is 0.906. The fourth-order valence-corrected chi connectivity index (χ4v) is 2.76. The van der Waals surface area contributed by atoms with Crippen LogP contribution in [-0.4, -0.2) is 23.2 Å². The van der Waals surface area contributed by atoms with Crippen LogP contribution in [0.4, 0.5) is 0 Å². The molecule has 2 aromatic rings. The Morgan fingerprint density at radius 1 is 1.24 bits per heavy atom. The largest absolute Gasteiger partial charge is 0.394 e. The number of nitrogens with one attached hydrogen (secondary N) is 1. The lowest BCUT2D eigenvalue weighted by Gasteiger charge is -2.23. The molecule has 0 aromatic heterocycles. The second-order valence-electron chi connectivity index (χ2n) is 6.59. The zero-order chi connectivity index (χ0) is 15.0. The molecular formula is C18H21NO2. The molecule has 21 heavy (non-hydrogen) atoms. The molecule has 0 radical (unpaired) electrons. The van der Waals surface area contributed by atoms with Crippen LogP contribution in [0.5, 0.6) is 0 Å². The van der Waals surface area contributed by atoms with Crippen LogP contribution in [0.3, 0.4) is 0 Å². The van der Waals surface area contributed by atoms with Crippen molar-refractivity contribution in [3.05, 3.63) is 48.0 Å². The fourth-order valence-electron chi connectivity index (χ4n) is 2.76. The van der Waals surface area contributed by atoms with Gasteiger partial charge >= 0.3 is 0 Å². The molecule has 1 amide bonds. The van der Waals surface area contributed by atoms with Gasteiger partial charge in [-0.1, -0.05) is 42.5 Å². The van der Waals surface area contributed by atoms with Gasteiger partial charge in [-0.25, -0.2) is 0 Å². The number of carbonyl (C=O) groups excluding carboxylic acids is 1. The van der Waals surface area contributed by atoms with Crippen LogP contribution in [0.25, 0.3) is 10.8 Å². The Labute approximate surface area is 125 Å². The Morgan fingerprint density at radius 2 is 1.95 bits per heavy atom. The van der Waals surface area contributed by atoms with Crippen LogP contribution in [0.1, 0.15) is 31.7 Å². The summed E-state index contributed by atoms with van der Waals surface area (Å²) in [5, 5.41) is 14.6. The Morgan fingerprint density at radius 3 is 2.67 bits per heavy atom. The monoisotopic (exact) mass is 283 g/mol. The molecule has 1 fully saturated rings. The number of aliphatic hydroxyl groups excluding tert-OH is 1. The summed E-state index contributed by atoms with van der Waals surface area (Å²) < 4.78 is 0. The van der Waals surface area contributed by atoms with Crippen LogP contribution >= 0.6 is 0 Å². The van der Waals surface area contributed by atoms with Gasteiger partial charge in [0.1, 0.15) is 0 Å². The van der Waals surface area contributed by atoms with E-state index in [0.717, 1.165) is 6.42 Å². The van der Waals surface area contributed by atoms with Gasteiger partial charge < -0.3 is 10.4 Å². The van der Waals surface area contributed by atoms with Crippen molar-refractivity contribution >= 4 is 16.7 Å². The summed E-state index contributed by atoms with van der Waals surface area (Å²) in [6.07, 6.45) is 0.895. The van der Waals surface area contributed by atoms with E-state index in [0.29, 0.717) is 5.92 Å². The lowest BCUT2D eigenvalue weighted by atomic mass is 10.0. The number of fused-ring (bicyclic) bond motifs is 1. The molecule has 0 spiro atoms. The minimum absolute atomic E-state index is 0.0389. The predicted octanol–water partition coefficient (Wildman–Crippen LogP) is 2.83. The molecule has 1 saturated carbocycles. The molecule has 0 aliphatic heterocycles. The lowest BCUT2D eigenvalue weighted by Crippen LogP contribution is -2.47. The van der Waals surface area contributed by atoms with Gasteiger partial charge in [-0.05, 0) is 42.5 Å². The first-order valence-corrected chi connectivity index (χ1v) is 7.42. The molecule has 0 heterocycles. The first-order chi connectivity index (χ1) is 10.00. The van der Waals surface area contributed by atoms with Crippen LogP contribution in [0, 0.1) is 5.92 Å². The van der Waals surface area contributed by atoms with Crippen molar-refractivity contribution in [2.45, 2.75) is 31.7 Å². The molecule has 3 nitrogen and oxygen atoms in total. The third-order valence-electron chi connectivity index (χ3n) is 4.19. The highest BCUT2D eigenvalue weighted by atomic mass is 16.3. The SMILES string of the molecule is CC(C)(CO)NC(=O)C1CC1c1ccc2ccccc2c1. The van der Waals surface area contributed by atoms with Gasteiger partial charge in [0.2, 0.25) is 5.91 Å². The summed E-state index contributed by atoms with van der Waals surface area (Å²) in [7, 11) is 0. The lowest BCUT2D eigenvalue weighted by molar-refractivity contribution is -0.124. The number of carbonyl (C=O) groups is 1. The van der Waals surface area contributed by atoms with Crippen LogP contribution < -0.4 is 5.32 Å². The second-order valence-corrected chi connectivity index (χ2v) is 6.59. The summed E-state index contributed by atoms with van der Waals surface area (Å²) in [5.74, 6) is 0.397. The first-order valence-electron chi connectivity index (χ1n) is 7.42. The number of rotatable bonds is 4. The smallest absolute Gasteiger partial charge is 0.224 e. The van der Waals surface area contributed by atoms with E-state index >= 15 is 0 Å². The Balaban J connectivity index is 1.73. The number of aliphatic hydroxyl groups is 1. The molecule has 2 N–H and O–H groups in total. The molecule has 110 valence electrons. The molecule has 2 aromatic carbocycles.